The number of sulfonamides is 1. The fraction of sp³-hybridized carbons (Fsp3) is 0.0714. The van der Waals surface area contributed by atoms with E-state index in [0.717, 1.165) is 0 Å². The maximum Gasteiger partial charge on any atom is 0.238 e. The van der Waals surface area contributed by atoms with Crippen molar-refractivity contribution < 1.29 is 12.8 Å². The molecule has 0 amide bonds. The molecule has 0 aliphatic carbocycles. The van der Waals surface area contributed by atoms with E-state index in [2.05, 4.69) is 21.2 Å². The molecule has 114 valence electrons. The van der Waals surface area contributed by atoms with Crippen molar-refractivity contribution in [3.8, 4) is 6.07 Å². The van der Waals surface area contributed by atoms with Crippen molar-refractivity contribution in [1.29, 1.82) is 5.26 Å². The quantitative estimate of drug-likeness (QED) is 0.847. The van der Waals surface area contributed by atoms with Gasteiger partial charge in [-0.1, -0.05) is 22.0 Å². The Balaban J connectivity index is 2.25. The zero-order valence-electron chi connectivity index (χ0n) is 11.2. The zero-order valence-corrected chi connectivity index (χ0v) is 13.6. The Labute approximate surface area is 135 Å². The molecule has 0 atom stereocenters. The van der Waals surface area contributed by atoms with Crippen LogP contribution >= 0.6 is 15.9 Å². The highest BCUT2D eigenvalue weighted by molar-refractivity contribution is 9.10. The summed E-state index contributed by atoms with van der Waals surface area (Å²) in [7, 11) is -3.87. The van der Waals surface area contributed by atoms with Crippen LogP contribution in [0, 0.1) is 17.1 Å². The first kappa shape index (κ1) is 16.4. The summed E-state index contributed by atoms with van der Waals surface area (Å²) in [6, 6.07) is 10.4. The van der Waals surface area contributed by atoms with Crippen LogP contribution in [0.2, 0.25) is 0 Å². The van der Waals surface area contributed by atoms with Gasteiger partial charge in [0.15, 0.2) is 0 Å². The molecule has 0 spiro atoms. The molecule has 0 fully saturated rings. The van der Waals surface area contributed by atoms with Gasteiger partial charge >= 0.3 is 0 Å². The molecule has 2 aromatic rings. The van der Waals surface area contributed by atoms with Crippen LogP contribution in [0.1, 0.15) is 11.1 Å². The molecule has 8 heteroatoms. The Hall–Kier alpha value is -1.95. The Morgan fingerprint density at radius 1 is 1.27 bits per heavy atom. The number of nitrogens with two attached hydrogens (primary N) is 1. The SMILES string of the molecule is N#Cc1cc(S(N)(=O)=O)ccc1NCc1ccc(Br)cc1F. The first-order valence-electron chi connectivity index (χ1n) is 6.06. The van der Waals surface area contributed by atoms with E-state index in [1.54, 1.807) is 12.1 Å². The number of nitriles is 1. The van der Waals surface area contributed by atoms with Gasteiger partial charge in [-0.05, 0) is 30.3 Å². The van der Waals surface area contributed by atoms with Gasteiger partial charge in [0.25, 0.3) is 0 Å². The fourth-order valence-corrected chi connectivity index (χ4v) is 2.68. The van der Waals surface area contributed by atoms with Gasteiger partial charge in [0, 0.05) is 16.6 Å². The summed E-state index contributed by atoms with van der Waals surface area (Å²) in [6.07, 6.45) is 0. The number of anilines is 1. The monoisotopic (exact) mass is 383 g/mol. The molecule has 2 aromatic carbocycles. The van der Waals surface area contributed by atoms with Gasteiger partial charge in [-0.2, -0.15) is 5.26 Å². The fourth-order valence-electron chi connectivity index (χ4n) is 1.80. The van der Waals surface area contributed by atoms with Crippen molar-refractivity contribution in [3.63, 3.8) is 0 Å². The molecular weight excluding hydrogens is 373 g/mol. The highest BCUT2D eigenvalue weighted by Gasteiger charge is 2.12. The van der Waals surface area contributed by atoms with E-state index in [9.17, 15) is 12.8 Å². The molecule has 0 aliphatic heterocycles. The summed E-state index contributed by atoms with van der Waals surface area (Å²) in [4.78, 5) is -0.149. The van der Waals surface area contributed by atoms with Crippen LogP contribution in [0.15, 0.2) is 45.8 Å². The number of nitrogens with zero attached hydrogens (tertiary/aromatic N) is 1. The van der Waals surface area contributed by atoms with Gasteiger partial charge in [0.2, 0.25) is 10.0 Å². The van der Waals surface area contributed by atoms with Crippen molar-refractivity contribution in [1.82, 2.24) is 0 Å². The Kier molecular flexibility index (Phi) is 4.81. The molecule has 5 nitrogen and oxygen atoms in total. The lowest BCUT2D eigenvalue weighted by molar-refractivity contribution is 0.598. The van der Waals surface area contributed by atoms with Crippen LogP contribution in [0.4, 0.5) is 10.1 Å². The van der Waals surface area contributed by atoms with E-state index >= 15 is 0 Å². The topological polar surface area (TPSA) is 96.0 Å². The molecule has 3 N–H and O–H groups in total. The summed E-state index contributed by atoms with van der Waals surface area (Å²) >= 11 is 3.17. The van der Waals surface area contributed by atoms with E-state index in [1.165, 1.54) is 24.3 Å². The average molecular weight is 384 g/mol. The lowest BCUT2D eigenvalue weighted by Gasteiger charge is -2.10. The van der Waals surface area contributed by atoms with Crippen molar-refractivity contribution in [2.24, 2.45) is 5.14 Å². The second-order valence-electron chi connectivity index (χ2n) is 4.45. The number of halogens is 2. The number of primary sulfonamides is 1. The van der Waals surface area contributed by atoms with E-state index in [-0.39, 0.29) is 22.8 Å². The third kappa shape index (κ3) is 3.82. The van der Waals surface area contributed by atoms with E-state index in [4.69, 9.17) is 10.4 Å². The smallest absolute Gasteiger partial charge is 0.238 e. The number of benzene rings is 2. The Morgan fingerprint density at radius 2 is 2.00 bits per heavy atom. The van der Waals surface area contributed by atoms with Crippen molar-refractivity contribution in [2.75, 3.05) is 5.32 Å². The molecule has 0 radical (unpaired) electrons. The van der Waals surface area contributed by atoms with Crippen LogP contribution in [-0.2, 0) is 16.6 Å². The summed E-state index contributed by atoms with van der Waals surface area (Å²) in [6.45, 7) is 0.155. The predicted molar refractivity (Wildman–Crippen MR) is 84.0 cm³/mol. The Morgan fingerprint density at radius 3 is 2.59 bits per heavy atom. The number of hydrogen-bond acceptors (Lipinski definition) is 4. The van der Waals surface area contributed by atoms with Gasteiger partial charge in [-0.15, -0.1) is 0 Å². The number of nitrogens with one attached hydrogen (secondary N) is 1. The van der Waals surface area contributed by atoms with Gasteiger partial charge in [0.1, 0.15) is 11.9 Å². The minimum Gasteiger partial charge on any atom is -0.380 e. The molecule has 0 saturated carbocycles. The van der Waals surface area contributed by atoms with Crippen molar-refractivity contribution in [3.05, 3.63) is 57.8 Å². The van der Waals surface area contributed by atoms with Crippen molar-refractivity contribution in [2.45, 2.75) is 11.4 Å². The third-order valence-corrected chi connectivity index (χ3v) is 4.33. The first-order chi connectivity index (χ1) is 10.3. The van der Waals surface area contributed by atoms with E-state index in [0.29, 0.717) is 15.7 Å². The van der Waals surface area contributed by atoms with Crippen LogP contribution < -0.4 is 10.5 Å². The molecular formula is C14H11BrFN3O2S. The molecule has 0 heterocycles. The molecule has 2 rings (SSSR count). The van der Waals surface area contributed by atoms with Gasteiger partial charge in [0.05, 0.1) is 16.1 Å². The average Bonchev–Trinajstić information content (AvgIpc) is 2.45. The maximum atomic E-state index is 13.7. The number of rotatable bonds is 4. The molecule has 0 unspecified atom stereocenters. The van der Waals surface area contributed by atoms with Crippen LogP contribution in [0.5, 0.6) is 0 Å². The van der Waals surface area contributed by atoms with E-state index in [1.807, 2.05) is 6.07 Å². The predicted octanol–water partition coefficient (Wildman–Crippen LogP) is 2.72. The lowest BCUT2D eigenvalue weighted by atomic mass is 10.1. The van der Waals surface area contributed by atoms with Gasteiger partial charge < -0.3 is 5.32 Å². The standard InChI is InChI=1S/C14H11BrFN3O2S/c15-11-2-1-9(13(16)6-11)8-19-14-4-3-12(22(18,20)21)5-10(14)7-17/h1-6,19H,8H2,(H2,18,20,21). The van der Waals surface area contributed by atoms with Crippen LogP contribution in [-0.4, -0.2) is 8.42 Å². The molecule has 0 aromatic heterocycles. The second-order valence-corrected chi connectivity index (χ2v) is 6.93. The lowest BCUT2D eigenvalue weighted by Crippen LogP contribution is -2.12. The minimum atomic E-state index is -3.87. The third-order valence-electron chi connectivity index (χ3n) is 2.92. The van der Waals surface area contributed by atoms with Gasteiger partial charge in [-0.3, -0.25) is 0 Å². The summed E-state index contributed by atoms with van der Waals surface area (Å²) < 4.78 is 36.9. The molecule has 0 bridgehead atoms. The summed E-state index contributed by atoms with van der Waals surface area (Å²) in [5.41, 5.74) is 0.934. The maximum absolute atomic E-state index is 13.7. The first-order valence-corrected chi connectivity index (χ1v) is 8.40. The van der Waals surface area contributed by atoms with Crippen molar-refractivity contribution >= 4 is 31.6 Å². The second kappa shape index (κ2) is 6.44. The van der Waals surface area contributed by atoms with Gasteiger partial charge in [-0.25, -0.2) is 17.9 Å². The number of hydrogen-bond donors (Lipinski definition) is 2. The normalized spacial score (nSPS) is 11.0. The van der Waals surface area contributed by atoms with E-state index < -0.39 is 10.0 Å². The minimum absolute atomic E-state index is 0.115. The Bertz CT molecular complexity index is 863. The zero-order chi connectivity index (χ0) is 16.3. The van der Waals surface area contributed by atoms with Crippen LogP contribution in [0.25, 0.3) is 0 Å². The molecule has 0 aliphatic rings. The highest BCUT2D eigenvalue weighted by atomic mass is 79.9. The summed E-state index contributed by atoms with van der Waals surface area (Å²) in [5.74, 6) is -0.387. The molecule has 0 saturated heterocycles. The largest absolute Gasteiger partial charge is 0.380 e. The van der Waals surface area contributed by atoms with Crippen LogP contribution in [0.3, 0.4) is 0 Å². The molecule has 22 heavy (non-hydrogen) atoms. The summed E-state index contributed by atoms with van der Waals surface area (Å²) in [5, 5.41) is 17.0. The highest BCUT2D eigenvalue weighted by Crippen LogP contribution is 2.21.